The van der Waals surface area contributed by atoms with E-state index < -0.39 is 29.2 Å². The maximum absolute atomic E-state index is 13.5. The molecule has 1 amide bonds. The first-order valence-corrected chi connectivity index (χ1v) is 7.44. The quantitative estimate of drug-likeness (QED) is 0.597. The second kappa shape index (κ2) is 7.34. The van der Waals surface area contributed by atoms with E-state index in [4.69, 9.17) is 6.57 Å². The van der Waals surface area contributed by atoms with E-state index in [2.05, 4.69) is 10.2 Å². The highest BCUT2D eigenvalue weighted by atomic mass is 19.4. The van der Waals surface area contributed by atoms with Gasteiger partial charge in [-0.05, 0) is 29.7 Å². The van der Waals surface area contributed by atoms with Gasteiger partial charge in [0, 0.05) is 6.54 Å². The van der Waals surface area contributed by atoms with E-state index >= 15 is 0 Å². The van der Waals surface area contributed by atoms with Crippen molar-refractivity contribution >= 4 is 11.6 Å². The second-order valence-electron chi connectivity index (χ2n) is 5.29. The zero-order valence-corrected chi connectivity index (χ0v) is 13.2. The molecule has 0 aliphatic heterocycles. The second-order valence-corrected chi connectivity index (χ2v) is 5.29. The highest BCUT2D eigenvalue weighted by Crippen LogP contribution is 2.39. The van der Waals surface area contributed by atoms with Crippen molar-refractivity contribution in [2.75, 3.05) is 6.54 Å². The fourth-order valence-corrected chi connectivity index (χ4v) is 2.32. The van der Waals surface area contributed by atoms with E-state index in [1.807, 2.05) is 6.92 Å². The molecule has 0 atom stereocenters. The third-order valence-corrected chi connectivity index (χ3v) is 3.50. The number of rotatable bonds is 4. The van der Waals surface area contributed by atoms with Crippen LogP contribution in [0.2, 0.25) is 0 Å². The average Bonchev–Trinajstić information content (AvgIpc) is 2.58. The summed E-state index contributed by atoms with van der Waals surface area (Å²) in [6.45, 7) is 9.06. The Kier molecular flexibility index (Phi) is 5.42. The SMILES string of the molecule is [C-]#[N+]c1ccc(-c2ccc(F)cc2C(=O)NCCC)cc1C(F)(F)F. The van der Waals surface area contributed by atoms with Gasteiger partial charge in [-0.3, -0.25) is 4.79 Å². The number of nitrogens with one attached hydrogen (secondary N) is 1. The van der Waals surface area contributed by atoms with Crippen molar-refractivity contribution in [3.05, 3.63) is 64.8 Å². The number of hydrogen-bond donors (Lipinski definition) is 1. The predicted molar refractivity (Wildman–Crippen MR) is 85.7 cm³/mol. The lowest BCUT2D eigenvalue weighted by molar-refractivity contribution is -0.136. The van der Waals surface area contributed by atoms with Gasteiger partial charge in [0.1, 0.15) is 5.82 Å². The van der Waals surface area contributed by atoms with E-state index in [1.54, 1.807) is 0 Å². The van der Waals surface area contributed by atoms with Gasteiger partial charge in [-0.25, -0.2) is 9.24 Å². The van der Waals surface area contributed by atoms with Gasteiger partial charge in [0.2, 0.25) is 0 Å². The minimum absolute atomic E-state index is 0.0582. The molecule has 0 saturated carbocycles. The topological polar surface area (TPSA) is 33.5 Å². The number of amides is 1. The summed E-state index contributed by atoms with van der Waals surface area (Å²) in [6.07, 6.45) is -4.05. The number of benzene rings is 2. The van der Waals surface area contributed by atoms with Crippen LogP contribution in [-0.4, -0.2) is 12.5 Å². The van der Waals surface area contributed by atoms with Crippen LogP contribution in [0.1, 0.15) is 29.3 Å². The lowest BCUT2D eigenvalue weighted by Gasteiger charge is -2.14. The van der Waals surface area contributed by atoms with E-state index in [-0.39, 0.29) is 16.7 Å². The average molecular weight is 350 g/mol. The number of hydrogen-bond acceptors (Lipinski definition) is 1. The Morgan fingerprint density at radius 1 is 1.20 bits per heavy atom. The van der Waals surface area contributed by atoms with Crippen LogP contribution < -0.4 is 5.32 Å². The third kappa shape index (κ3) is 4.15. The summed E-state index contributed by atoms with van der Waals surface area (Å²) < 4.78 is 52.9. The lowest BCUT2D eigenvalue weighted by atomic mass is 9.96. The minimum Gasteiger partial charge on any atom is -0.352 e. The first-order chi connectivity index (χ1) is 11.8. The van der Waals surface area contributed by atoms with Gasteiger partial charge in [-0.2, -0.15) is 13.2 Å². The standard InChI is InChI=1S/C18H14F4N2O/c1-3-8-24-17(25)14-10-12(19)5-6-13(14)11-4-7-16(23-2)15(9-11)18(20,21)22/h4-7,9-10H,3,8H2,1H3,(H,24,25). The van der Waals surface area contributed by atoms with E-state index in [0.717, 1.165) is 24.3 Å². The molecule has 0 aliphatic rings. The Balaban J connectivity index is 2.59. The normalized spacial score (nSPS) is 11.0. The predicted octanol–water partition coefficient (Wildman–Crippen LogP) is 5.20. The number of nitrogens with zero attached hydrogens (tertiary/aromatic N) is 1. The summed E-state index contributed by atoms with van der Waals surface area (Å²) in [7, 11) is 0. The molecule has 25 heavy (non-hydrogen) atoms. The van der Waals surface area contributed by atoms with E-state index in [1.165, 1.54) is 12.1 Å². The van der Waals surface area contributed by atoms with Crippen LogP contribution in [0.15, 0.2) is 36.4 Å². The van der Waals surface area contributed by atoms with Gasteiger partial charge in [0.25, 0.3) is 5.91 Å². The van der Waals surface area contributed by atoms with Crippen molar-refractivity contribution in [2.45, 2.75) is 19.5 Å². The molecule has 2 aromatic rings. The summed E-state index contributed by atoms with van der Waals surface area (Å²) in [6, 6.07) is 6.47. The van der Waals surface area contributed by atoms with Crippen LogP contribution in [0.5, 0.6) is 0 Å². The van der Waals surface area contributed by atoms with E-state index in [9.17, 15) is 22.4 Å². The molecule has 7 heteroatoms. The molecule has 0 aromatic heterocycles. The molecule has 0 spiro atoms. The molecule has 3 nitrogen and oxygen atoms in total. The van der Waals surface area contributed by atoms with Gasteiger partial charge in [0.15, 0.2) is 5.69 Å². The molecule has 0 saturated heterocycles. The Labute approximate surface area is 142 Å². The molecular formula is C18H14F4N2O. The van der Waals surface area contributed by atoms with Crippen LogP contribution in [0, 0.1) is 12.4 Å². The maximum atomic E-state index is 13.5. The first-order valence-electron chi connectivity index (χ1n) is 7.44. The van der Waals surface area contributed by atoms with Crippen LogP contribution >= 0.6 is 0 Å². The first kappa shape index (κ1) is 18.5. The summed E-state index contributed by atoms with van der Waals surface area (Å²) >= 11 is 0. The van der Waals surface area contributed by atoms with E-state index in [0.29, 0.717) is 13.0 Å². The zero-order chi connectivity index (χ0) is 18.6. The van der Waals surface area contributed by atoms with Gasteiger partial charge in [-0.1, -0.05) is 31.2 Å². The molecule has 0 unspecified atom stereocenters. The van der Waals surface area contributed by atoms with Crippen molar-refractivity contribution in [2.24, 2.45) is 0 Å². The number of carbonyl (C=O) groups is 1. The molecular weight excluding hydrogens is 336 g/mol. The Morgan fingerprint density at radius 3 is 2.52 bits per heavy atom. The van der Waals surface area contributed by atoms with Crippen molar-refractivity contribution < 1.29 is 22.4 Å². The van der Waals surface area contributed by atoms with Crippen molar-refractivity contribution in [1.29, 1.82) is 0 Å². The maximum Gasteiger partial charge on any atom is 0.407 e. The molecule has 0 bridgehead atoms. The fraction of sp³-hybridized carbons (Fsp3) is 0.222. The van der Waals surface area contributed by atoms with Gasteiger partial charge >= 0.3 is 6.18 Å². The molecule has 0 radical (unpaired) electrons. The van der Waals surface area contributed by atoms with Crippen molar-refractivity contribution in [3.8, 4) is 11.1 Å². The van der Waals surface area contributed by atoms with Gasteiger partial charge < -0.3 is 5.32 Å². The molecule has 130 valence electrons. The fourth-order valence-electron chi connectivity index (χ4n) is 2.32. The number of halogens is 4. The molecule has 0 fully saturated rings. The van der Waals surface area contributed by atoms with Gasteiger partial charge in [-0.15, -0.1) is 0 Å². The van der Waals surface area contributed by atoms with Crippen LogP contribution in [-0.2, 0) is 6.18 Å². The Morgan fingerprint density at radius 2 is 1.92 bits per heavy atom. The minimum atomic E-state index is -4.71. The molecule has 0 aliphatic carbocycles. The van der Waals surface area contributed by atoms with Crippen LogP contribution in [0.25, 0.3) is 16.0 Å². The van der Waals surface area contributed by atoms with Crippen LogP contribution in [0.3, 0.4) is 0 Å². The summed E-state index contributed by atoms with van der Waals surface area (Å²) in [5, 5.41) is 2.58. The lowest BCUT2D eigenvalue weighted by Crippen LogP contribution is -2.24. The Hall–Kier alpha value is -2.88. The highest BCUT2D eigenvalue weighted by molar-refractivity contribution is 6.01. The van der Waals surface area contributed by atoms with Crippen molar-refractivity contribution in [1.82, 2.24) is 5.32 Å². The summed E-state index contributed by atoms with van der Waals surface area (Å²) in [5.74, 6) is -1.24. The smallest absolute Gasteiger partial charge is 0.352 e. The third-order valence-electron chi connectivity index (χ3n) is 3.50. The molecule has 0 heterocycles. The molecule has 1 N–H and O–H groups in total. The largest absolute Gasteiger partial charge is 0.407 e. The van der Waals surface area contributed by atoms with Crippen LogP contribution in [0.4, 0.5) is 23.2 Å². The molecule has 2 aromatic carbocycles. The highest BCUT2D eigenvalue weighted by Gasteiger charge is 2.33. The summed E-state index contributed by atoms with van der Waals surface area (Å²) in [5.41, 5.74) is -1.44. The number of alkyl halides is 3. The van der Waals surface area contributed by atoms with Crippen molar-refractivity contribution in [3.63, 3.8) is 0 Å². The molecule has 2 rings (SSSR count). The van der Waals surface area contributed by atoms with Gasteiger partial charge in [0.05, 0.1) is 17.7 Å². The monoisotopic (exact) mass is 350 g/mol. The number of carbonyl (C=O) groups excluding carboxylic acids is 1. The summed E-state index contributed by atoms with van der Waals surface area (Å²) in [4.78, 5) is 15.1. The zero-order valence-electron chi connectivity index (χ0n) is 13.2. The Bertz CT molecular complexity index is 838.